The first-order valence-electron chi connectivity index (χ1n) is 5.69. The van der Waals surface area contributed by atoms with Crippen LogP contribution in [0.4, 0.5) is 5.82 Å². The molecular formula is C14H11Cl2N3. The van der Waals surface area contributed by atoms with Crippen LogP contribution >= 0.6 is 23.2 Å². The van der Waals surface area contributed by atoms with Gasteiger partial charge in [0.05, 0.1) is 21.7 Å². The van der Waals surface area contributed by atoms with Crippen molar-refractivity contribution in [3.8, 4) is 6.07 Å². The van der Waals surface area contributed by atoms with Crippen molar-refractivity contribution >= 4 is 29.0 Å². The van der Waals surface area contributed by atoms with E-state index < -0.39 is 0 Å². The van der Waals surface area contributed by atoms with Crippen LogP contribution in [0.1, 0.15) is 24.1 Å². The first-order chi connectivity index (χ1) is 9.13. The predicted molar refractivity (Wildman–Crippen MR) is 77.5 cm³/mol. The minimum Gasteiger partial charge on any atom is -0.362 e. The van der Waals surface area contributed by atoms with Gasteiger partial charge in [0.15, 0.2) is 0 Å². The monoisotopic (exact) mass is 291 g/mol. The minimum atomic E-state index is -0.104. The number of hydrogen-bond acceptors (Lipinski definition) is 3. The molecule has 0 amide bonds. The lowest BCUT2D eigenvalue weighted by atomic mass is 10.1. The van der Waals surface area contributed by atoms with E-state index in [9.17, 15) is 0 Å². The molecule has 2 aromatic rings. The van der Waals surface area contributed by atoms with Crippen molar-refractivity contribution < 1.29 is 0 Å². The number of benzene rings is 1. The lowest BCUT2D eigenvalue weighted by molar-refractivity contribution is 0.874. The topological polar surface area (TPSA) is 48.7 Å². The van der Waals surface area contributed by atoms with E-state index in [0.717, 1.165) is 5.56 Å². The normalized spacial score (nSPS) is 11.7. The van der Waals surface area contributed by atoms with Gasteiger partial charge in [0.2, 0.25) is 0 Å². The summed E-state index contributed by atoms with van der Waals surface area (Å²) in [7, 11) is 0. The van der Waals surface area contributed by atoms with Crippen molar-refractivity contribution in [2.75, 3.05) is 5.32 Å². The molecule has 0 radical (unpaired) electrons. The van der Waals surface area contributed by atoms with Gasteiger partial charge in [-0.05, 0) is 30.7 Å². The largest absolute Gasteiger partial charge is 0.362 e. The zero-order valence-corrected chi connectivity index (χ0v) is 11.7. The van der Waals surface area contributed by atoms with E-state index in [4.69, 9.17) is 28.5 Å². The van der Waals surface area contributed by atoms with E-state index in [2.05, 4.69) is 16.4 Å². The Morgan fingerprint density at radius 2 is 2.05 bits per heavy atom. The number of halogens is 2. The Balaban J connectivity index is 2.29. The summed E-state index contributed by atoms with van der Waals surface area (Å²) in [6.07, 6.45) is 1.63. The Labute approximate surface area is 121 Å². The highest BCUT2D eigenvalue weighted by Crippen LogP contribution is 2.31. The summed E-state index contributed by atoms with van der Waals surface area (Å²) in [6, 6.07) is 10.9. The fourth-order valence-electron chi connectivity index (χ4n) is 1.75. The number of nitriles is 1. The van der Waals surface area contributed by atoms with E-state index in [0.29, 0.717) is 21.4 Å². The Bertz CT molecular complexity index is 635. The maximum absolute atomic E-state index is 9.02. The molecule has 96 valence electrons. The van der Waals surface area contributed by atoms with Gasteiger partial charge in [-0.3, -0.25) is 0 Å². The van der Waals surface area contributed by atoms with Gasteiger partial charge >= 0.3 is 0 Å². The van der Waals surface area contributed by atoms with Crippen molar-refractivity contribution in [2.45, 2.75) is 13.0 Å². The van der Waals surface area contributed by atoms with Gasteiger partial charge in [0, 0.05) is 6.20 Å². The van der Waals surface area contributed by atoms with Crippen LogP contribution in [0.15, 0.2) is 36.5 Å². The number of rotatable bonds is 3. The second-order valence-electron chi connectivity index (χ2n) is 4.02. The molecule has 1 atom stereocenters. The quantitative estimate of drug-likeness (QED) is 0.910. The molecule has 2 rings (SSSR count). The van der Waals surface area contributed by atoms with Crippen LogP contribution in [-0.2, 0) is 0 Å². The molecule has 1 heterocycles. The van der Waals surface area contributed by atoms with E-state index in [1.807, 2.05) is 19.1 Å². The third-order valence-electron chi connectivity index (χ3n) is 2.73. The van der Waals surface area contributed by atoms with E-state index in [1.165, 1.54) is 0 Å². The van der Waals surface area contributed by atoms with E-state index in [-0.39, 0.29) is 6.04 Å². The Morgan fingerprint density at radius 3 is 2.79 bits per heavy atom. The summed E-state index contributed by atoms with van der Waals surface area (Å²) in [6.45, 7) is 1.94. The molecule has 1 aromatic carbocycles. The summed E-state index contributed by atoms with van der Waals surface area (Å²) >= 11 is 12.2. The average Bonchev–Trinajstić information content (AvgIpc) is 2.42. The smallest absolute Gasteiger partial charge is 0.144 e. The average molecular weight is 292 g/mol. The number of aromatic nitrogens is 1. The highest BCUT2D eigenvalue weighted by Gasteiger charge is 2.13. The maximum Gasteiger partial charge on any atom is 0.144 e. The van der Waals surface area contributed by atoms with Gasteiger partial charge in [0.1, 0.15) is 11.9 Å². The third-order valence-corrected chi connectivity index (χ3v) is 3.56. The molecule has 0 saturated carbocycles. The van der Waals surface area contributed by atoms with Crippen LogP contribution in [0.25, 0.3) is 0 Å². The first-order valence-corrected chi connectivity index (χ1v) is 6.44. The summed E-state index contributed by atoms with van der Waals surface area (Å²) in [5.74, 6) is 0.536. The van der Waals surface area contributed by atoms with Crippen molar-refractivity contribution in [1.82, 2.24) is 4.98 Å². The minimum absolute atomic E-state index is 0.104. The van der Waals surface area contributed by atoms with Gasteiger partial charge in [-0.15, -0.1) is 0 Å². The molecule has 0 fully saturated rings. The first kappa shape index (κ1) is 13.7. The van der Waals surface area contributed by atoms with Gasteiger partial charge in [-0.1, -0.05) is 35.3 Å². The lowest BCUT2D eigenvalue weighted by Crippen LogP contribution is -2.09. The molecule has 0 aliphatic heterocycles. The van der Waals surface area contributed by atoms with Crippen molar-refractivity contribution in [2.24, 2.45) is 0 Å². The van der Waals surface area contributed by atoms with E-state index >= 15 is 0 Å². The molecule has 0 aliphatic carbocycles. The zero-order valence-electron chi connectivity index (χ0n) is 10.2. The second kappa shape index (κ2) is 5.92. The zero-order chi connectivity index (χ0) is 13.8. The molecule has 5 heteroatoms. The van der Waals surface area contributed by atoms with Crippen LogP contribution in [0.3, 0.4) is 0 Å². The SMILES string of the molecule is CC(Nc1ncccc1C#N)c1cccc(Cl)c1Cl. The van der Waals surface area contributed by atoms with Crippen LogP contribution in [0, 0.1) is 11.3 Å². The number of nitrogens with zero attached hydrogens (tertiary/aromatic N) is 2. The van der Waals surface area contributed by atoms with Gasteiger partial charge < -0.3 is 5.32 Å². The second-order valence-corrected chi connectivity index (χ2v) is 4.81. The molecule has 19 heavy (non-hydrogen) atoms. The highest BCUT2D eigenvalue weighted by atomic mass is 35.5. The Hall–Kier alpha value is -1.76. The number of hydrogen-bond donors (Lipinski definition) is 1. The molecule has 0 spiro atoms. The summed E-state index contributed by atoms with van der Waals surface area (Å²) < 4.78 is 0. The standard InChI is InChI=1S/C14H11Cl2N3/c1-9(11-5-2-6-12(15)13(11)16)19-14-10(8-17)4-3-7-18-14/h2-7,9H,1H3,(H,18,19). The van der Waals surface area contributed by atoms with E-state index in [1.54, 1.807) is 24.4 Å². The molecule has 1 unspecified atom stereocenters. The molecule has 0 aliphatic rings. The fourth-order valence-corrected chi connectivity index (χ4v) is 2.22. The summed E-state index contributed by atoms with van der Waals surface area (Å²) in [4.78, 5) is 4.16. The van der Waals surface area contributed by atoms with Crippen molar-refractivity contribution in [1.29, 1.82) is 5.26 Å². The van der Waals surface area contributed by atoms with Crippen LogP contribution in [0.5, 0.6) is 0 Å². The number of anilines is 1. The lowest BCUT2D eigenvalue weighted by Gasteiger charge is -2.17. The van der Waals surface area contributed by atoms with Gasteiger partial charge in [-0.2, -0.15) is 5.26 Å². The number of nitrogens with one attached hydrogen (secondary N) is 1. The molecule has 1 aromatic heterocycles. The predicted octanol–water partition coefficient (Wildman–Crippen LogP) is 4.43. The van der Waals surface area contributed by atoms with Crippen LogP contribution in [-0.4, -0.2) is 4.98 Å². The van der Waals surface area contributed by atoms with Crippen LogP contribution < -0.4 is 5.32 Å². The molecule has 3 nitrogen and oxygen atoms in total. The molecule has 0 bridgehead atoms. The third kappa shape index (κ3) is 2.98. The Morgan fingerprint density at radius 1 is 1.26 bits per heavy atom. The van der Waals surface area contributed by atoms with Crippen LogP contribution in [0.2, 0.25) is 10.0 Å². The fraction of sp³-hybridized carbons (Fsp3) is 0.143. The van der Waals surface area contributed by atoms with Gasteiger partial charge in [-0.25, -0.2) is 4.98 Å². The summed E-state index contributed by atoms with van der Waals surface area (Å²) in [5, 5.41) is 13.2. The van der Waals surface area contributed by atoms with Crippen molar-refractivity contribution in [3.05, 3.63) is 57.7 Å². The maximum atomic E-state index is 9.02. The molecular weight excluding hydrogens is 281 g/mol. The summed E-state index contributed by atoms with van der Waals surface area (Å²) in [5.41, 5.74) is 1.36. The molecule has 0 saturated heterocycles. The van der Waals surface area contributed by atoms with Crippen molar-refractivity contribution in [3.63, 3.8) is 0 Å². The number of pyridine rings is 1. The molecule has 1 N–H and O–H groups in total. The Kier molecular flexibility index (Phi) is 4.26. The van der Waals surface area contributed by atoms with Gasteiger partial charge in [0.25, 0.3) is 0 Å². The highest BCUT2D eigenvalue weighted by molar-refractivity contribution is 6.42.